The summed E-state index contributed by atoms with van der Waals surface area (Å²) in [5.41, 5.74) is 1.99. The molecule has 0 N–H and O–H groups in total. The molecule has 3 rings (SSSR count). The van der Waals surface area contributed by atoms with E-state index < -0.39 is 15.7 Å². The molecule has 1 aromatic carbocycles. The molecule has 0 saturated carbocycles. The predicted molar refractivity (Wildman–Crippen MR) is 64.8 cm³/mol. The number of rotatable bonds is 1. The second-order valence-corrected chi connectivity index (χ2v) is 5.41. The van der Waals surface area contributed by atoms with Gasteiger partial charge in [-0.25, -0.2) is 4.21 Å². The topological polar surface area (TPSA) is 60.2 Å². The first-order chi connectivity index (χ1) is 8.18. The quantitative estimate of drug-likeness (QED) is 0.566. The number of hydrogen-bond acceptors (Lipinski definition) is 3. The summed E-state index contributed by atoms with van der Waals surface area (Å²) in [5.74, 6) is 0. The number of allylic oxidation sites excluding steroid dienone is 3. The summed E-state index contributed by atoms with van der Waals surface area (Å²) in [6.07, 6.45) is 5.67. The number of fused-ring (bicyclic) bond motifs is 2. The van der Waals surface area contributed by atoms with E-state index in [1.165, 1.54) is 12.1 Å². The van der Waals surface area contributed by atoms with Crippen LogP contribution in [0, 0.1) is 10.1 Å². The summed E-state index contributed by atoms with van der Waals surface area (Å²) in [7, 11) is -1.25. The third-order valence-corrected chi connectivity index (χ3v) is 4.55. The smallest absolute Gasteiger partial charge is 0.258 e. The Hall–Kier alpha value is -1.75. The highest BCUT2D eigenvalue weighted by Gasteiger charge is 2.29. The molecule has 1 atom stereocenters. The van der Waals surface area contributed by atoms with Crippen molar-refractivity contribution in [3.63, 3.8) is 0 Å². The first-order valence-electron chi connectivity index (χ1n) is 5.29. The van der Waals surface area contributed by atoms with E-state index in [0.29, 0.717) is 4.90 Å². The van der Waals surface area contributed by atoms with Crippen molar-refractivity contribution in [1.29, 1.82) is 0 Å². The lowest BCUT2D eigenvalue weighted by molar-refractivity contribution is -0.385. The highest BCUT2D eigenvalue weighted by Crippen LogP contribution is 2.42. The summed E-state index contributed by atoms with van der Waals surface area (Å²) < 4.78 is 12.2. The number of nitrogens with zero attached hydrogens (tertiary/aromatic N) is 1. The van der Waals surface area contributed by atoms with Crippen LogP contribution in [0.25, 0.3) is 5.57 Å². The lowest BCUT2D eigenvalue weighted by atomic mass is 9.97. The lowest BCUT2D eigenvalue weighted by Gasteiger charge is -2.06. The van der Waals surface area contributed by atoms with E-state index in [9.17, 15) is 14.3 Å². The van der Waals surface area contributed by atoms with E-state index in [-0.39, 0.29) is 5.69 Å². The Morgan fingerprint density at radius 2 is 2.18 bits per heavy atom. The fourth-order valence-electron chi connectivity index (χ4n) is 2.23. The van der Waals surface area contributed by atoms with Crippen molar-refractivity contribution in [1.82, 2.24) is 0 Å². The molecule has 1 aliphatic carbocycles. The first kappa shape index (κ1) is 10.4. The Balaban J connectivity index is 2.18. The van der Waals surface area contributed by atoms with Crippen molar-refractivity contribution in [2.24, 2.45) is 0 Å². The number of nitro groups is 1. The Morgan fingerprint density at radius 1 is 1.35 bits per heavy atom. The fraction of sp³-hybridized carbons (Fsp3) is 0.167. The van der Waals surface area contributed by atoms with Crippen molar-refractivity contribution in [2.45, 2.75) is 17.7 Å². The minimum atomic E-state index is -1.25. The van der Waals surface area contributed by atoms with Crippen LogP contribution < -0.4 is 0 Å². The summed E-state index contributed by atoms with van der Waals surface area (Å²) in [5, 5.41) is 10.7. The summed E-state index contributed by atoms with van der Waals surface area (Å²) >= 11 is 0. The maximum Gasteiger partial charge on any atom is 0.270 e. The van der Waals surface area contributed by atoms with E-state index in [2.05, 4.69) is 0 Å². The standard InChI is InChI=1S/C12H9NO3S/c14-13(15)8-5-6-10-9-3-1-2-4-11(9)17(16)12(10)7-8/h2,4-7H,1,3H2. The molecule has 17 heavy (non-hydrogen) atoms. The van der Waals surface area contributed by atoms with Gasteiger partial charge in [0.15, 0.2) is 0 Å². The second-order valence-electron chi connectivity index (χ2n) is 3.99. The van der Waals surface area contributed by atoms with Crippen molar-refractivity contribution in [2.75, 3.05) is 0 Å². The minimum Gasteiger partial charge on any atom is -0.258 e. The van der Waals surface area contributed by atoms with Gasteiger partial charge in [-0.2, -0.15) is 0 Å². The van der Waals surface area contributed by atoms with Crippen LogP contribution in [0.1, 0.15) is 18.4 Å². The average molecular weight is 247 g/mol. The van der Waals surface area contributed by atoms with E-state index in [0.717, 1.165) is 28.9 Å². The van der Waals surface area contributed by atoms with Gasteiger partial charge in [-0.05, 0) is 36.1 Å². The largest absolute Gasteiger partial charge is 0.270 e. The predicted octanol–water partition coefficient (Wildman–Crippen LogP) is 2.78. The molecule has 0 spiro atoms. The first-order valence-corrected chi connectivity index (χ1v) is 6.44. The molecule has 0 bridgehead atoms. The molecule has 5 heteroatoms. The highest BCUT2D eigenvalue weighted by atomic mass is 32.2. The monoisotopic (exact) mass is 247 g/mol. The van der Waals surface area contributed by atoms with E-state index >= 15 is 0 Å². The third kappa shape index (κ3) is 1.46. The van der Waals surface area contributed by atoms with Gasteiger partial charge in [-0.15, -0.1) is 0 Å². The Kier molecular flexibility index (Phi) is 2.22. The average Bonchev–Trinajstić information content (AvgIpc) is 2.64. The van der Waals surface area contributed by atoms with Gasteiger partial charge in [0, 0.05) is 17.0 Å². The van der Waals surface area contributed by atoms with Crippen LogP contribution in [0.15, 0.2) is 40.2 Å². The summed E-state index contributed by atoms with van der Waals surface area (Å²) in [6.45, 7) is 0. The van der Waals surface area contributed by atoms with Gasteiger partial charge in [0.1, 0.15) is 0 Å². The van der Waals surface area contributed by atoms with Gasteiger partial charge < -0.3 is 0 Å². The molecule has 4 nitrogen and oxygen atoms in total. The molecule has 1 heterocycles. The summed E-state index contributed by atoms with van der Waals surface area (Å²) in [6, 6.07) is 4.62. The zero-order valence-electron chi connectivity index (χ0n) is 8.88. The molecule has 2 aliphatic rings. The Labute approximate surface area is 100 Å². The molecule has 0 fully saturated rings. The number of non-ortho nitro benzene ring substituents is 1. The van der Waals surface area contributed by atoms with Crippen LogP contribution in [0.4, 0.5) is 5.69 Å². The molecule has 86 valence electrons. The van der Waals surface area contributed by atoms with E-state index in [1.807, 2.05) is 12.2 Å². The van der Waals surface area contributed by atoms with Crippen LogP contribution in [-0.2, 0) is 10.8 Å². The van der Waals surface area contributed by atoms with Crippen LogP contribution >= 0.6 is 0 Å². The molecule has 0 aromatic heterocycles. The van der Waals surface area contributed by atoms with E-state index in [4.69, 9.17) is 0 Å². The Morgan fingerprint density at radius 3 is 2.94 bits per heavy atom. The summed E-state index contributed by atoms with van der Waals surface area (Å²) in [4.78, 5) is 11.6. The highest BCUT2D eigenvalue weighted by molar-refractivity contribution is 7.90. The minimum absolute atomic E-state index is 0.000858. The molecule has 0 saturated heterocycles. The fourth-order valence-corrected chi connectivity index (χ4v) is 3.74. The number of hydrogen-bond donors (Lipinski definition) is 0. The van der Waals surface area contributed by atoms with Gasteiger partial charge in [0.25, 0.3) is 5.69 Å². The van der Waals surface area contributed by atoms with Crippen molar-refractivity contribution >= 4 is 22.1 Å². The maximum absolute atomic E-state index is 12.2. The number of nitro benzene ring substituents is 1. The third-order valence-electron chi connectivity index (χ3n) is 3.03. The number of benzene rings is 1. The van der Waals surface area contributed by atoms with Crippen molar-refractivity contribution in [3.05, 3.63) is 50.9 Å². The van der Waals surface area contributed by atoms with Crippen LogP contribution in [0.2, 0.25) is 0 Å². The second kappa shape index (κ2) is 3.63. The van der Waals surface area contributed by atoms with Crippen LogP contribution in [0.3, 0.4) is 0 Å². The van der Waals surface area contributed by atoms with Crippen molar-refractivity contribution < 1.29 is 9.13 Å². The zero-order chi connectivity index (χ0) is 12.0. The van der Waals surface area contributed by atoms with Crippen molar-refractivity contribution in [3.8, 4) is 0 Å². The normalized spacial score (nSPS) is 21.3. The molecule has 1 aliphatic heterocycles. The molecule has 1 aromatic rings. The van der Waals surface area contributed by atoms with Gasteiger partial charge in [0.05, 0.1) is 20.6 Å². The molecular formula is C12H9NO3S. The van der Waals surface area contributed by atoms with Gasteiger partial charge in [-0.1, -0.05) is 6.08 Å². The van der Waals surface area contributed by atoms with Crippen LogP contribution in [-0.4, -0.2) is 9.13 Å². The maximum atomic E-state index is 12.2. The Bertz CT molecular complexity index is 616. The van der Waals surface area contributed by atoms with Gasteiger partial charge in [-0.3, -0.25) is 10.1 Å². The molecular weight excluding hydrogens is 238 g/mol. The zero-order valence-corrected chi connectivity index (χ0v) is 9.70. The lowest BCUT2D eigenvalue weighted by Crippen LogP contribution is -1.92. The SMILES string of the molecule is O=[N+]([O-])c1ccc2c(c1)S(=O)C1=C2CCC=C1. The van der Waals surface area contributed by atoms with E-state index in [1.54, 1.807) is 6.07 Å². The molecule has 0 amide bonds. The van der Waals surface area contributed by atoms with Gasteiger partial charge >= 0.3 is 0 Å². The van der Waals surface area contributed by atoms with Crippen LogP contribution in [0.5, 0.6) is 0 Å². The van der Waals surface area contributed by atoms with Gasteiger partial charge in [0.2, 0.25) is 0 Å². The molecule has 0 radical (unpaired) electrons. The molecule has 1 unspecified atom stereocenters.